The summed E-state index contributed by atoms with van der Waals surface area (Å²) in [6.45, 7) is 2.13. The van der Waals surface area contributed by atoms with E-state index < -0.39 is 0 Å². The predicted molar refractivity (Wildman–Crippen MR) is 81.7 cm³/mol. The zero-order valence-corrected chi connectivity index (χ0v) is 12.9. The molecule has 0 saturated heterocycles. The second-order valence-corrected chi connectivity index (χ2v) is 4.56. The number of hydrogen-bond donors (Lipinski definition) is 1. The van der Waals surface area contributed by atoms with Crippen molar-refractivity contribution >= 4 is 11.6 Å². The third kappa shape index (κ3) is 4.91. The van der Waals surface area contributed by atoms with E-state index in [0.29, 0.717) is 43.3 Å². The van der Waals surface area contributed by atoms with Gasteiger partial charge in [0.25, 0.3) is 5.91 Å². The number of nitrogens with zero attached hydrogens (tertiary/aromatic N) is 1. The van der Waals surface area contributed by atoms with Gasteiger partial charge in [0.1, 0.15) is 11.3 Å². The number of carbonyl (C=O) groups excluding carboxylic acids is 1. The summed E-state index contributed by atoms with van der Waals surface area (Å²) < 4.78 is 15.3. The first kappa shape index (κ1) is 17.3. The van der Waals surface area contributed by atoms with Gasteiger partial charge in [-0.05, 0) is 18.6 Å². The Morgan fingerprint density at radius 3 is 2.48 bits per heavy atom. The first-order valence-electron chi connectivity index (χ1n) is 6.85. The molecule has 0 spiro atoms. The molecule has 1 rings (SSSR count). The fraction of sp³-hybridized carbons (Fsp3) is 0.533. The van der Waals surface area contributed by atoms with Crippen LogP contribution in [0.25, 0.3) is 0 Å². The zero-order chi connectivity index (χ0) is 15.7. The molecule has 1 amide bonds. The van der Waals surface area contributed by atoms with Crippen LogP contribution >= 0.6 is 0 Å². The SMILES string of the molecule is COCCCN(CCOC)C(=O)c1c(N)cccc1OC. The second-order valence-electron chi connectivity index (χ2n) is 4.56. The fourth-order valence-electron chi connectivity index (χ4n) is 2.02. The number of ether oxygens (including phenoxy) is 3. The largest absolute Gasteiger partial charge is 0.496 e. The lowest BCUT2D eigenvalue weighted by Crippen LogP contribution is -2.35. The second kappa shape index (κ2) is 9.20. The molecule has 0 aliphatic carbocycles. The van der Waals surface area contributed by atoms with Gasteiger partial charge >= 0.3 is 0 Å². The average molecular weight is 296 g/mol. The number of rotatable bonds is 9. The van der Waals surface area contributed by atoms with Crippen LogP contribution in [0.2, 0.25) is 0 Å². The minimum atomic E-state index is -0.155. The highest BCUT2D eigenvalue weighted by atomic mass is 16.5. The molecule has 0 aliphatic rings. The lowest BCUT2D eigenvalue weighted by atomic mass is 10.1. The summed E-state index contributed by atoms with van der Waals surface area (Å²) in [5.41, 5.74) is 6.74. The smallest absolute Gasteiger partial charge is 0.259 e. The molecule has 1 aromatic carbocycles. The molecule has 0 aromatic heterocycles. The molecule has 0 unspecified atom stereocenters. The van der Waals surface area contributed by atoms with Crippen molar-refractivity contribution in [3.05, 3.63) is 23.8 Å². The minimum Gasteiger partial charge on any atom is -0.496 e. The van der Waals surface area contributed by atoms with Crippen LogP contribution in [0, 0.1) is 0 Å². The highest BCUT2D eigenvalue weighted by Crippen LogP contribution is 2.25. The summed E-state index contributed by atoms with van der Waals surface area (Å²) >= 11 is 0. The maximum absolute atomic E-state index is 12.7. The molecule has 21 heavy (non-hydrogen) atoms. The van der Waals surface area contributed by atoms with Crippen LogP contribution in [0.5, 0.6) is 5.75 Å². The fourth-order valence-corrected chi connectivity index (χ4v) is 2.02. The normalized spacial score (nSPS) is 10.4. The number of nitrogens with two attached hydrogens (primary N) is 1. The van der Waals surface area contributed by atoms with Gasteiger partial charge in [-0.15, -0.1) is 0 Å². The Morgan fingerprint density at radius 2 is 1.86 bits per heavy atom. The summed E-state index contributed by atoms with van der Waals surface area (Å²) in [5, 5.41) is 0. The third-order valence-electron chi connectivity index (χ3n) is 3.12. The van der Waals surface area contributed by atoms with Crippen molar-refractivity contribution in [3.8, 4) is 5.75 Å². The number of hydrogen-bond acceptors (Lipinski definition) is 5. The minimum absolute atomic E-state index is 0.155. The van der Waals surface area contributed by atoms with Crippen LogP contribution < -0.4 is 10.5 Å². The number of benzene rings is 1. The topological polar surface area (TPSA) is 74.0 Å². The van der Waals surface area contributed by atoms with Crippen molar-refractivity contribution in [2.45, 2.75) is 6.42 Å². The maximum Gasteiger partial charge on any atom is 0.259 e. The number of nitrogen functional groups attached to an aromatic ring is 1. The van der Waals surface area contributed by atoms with Gasteiger partial charge in [-0.25, -0.2) is 0 Å². The monoisotopic (exact) mass is 296 g/mol. The molecular formula is C15H24N2O4. The van der Waals surface area contributed by atoms with Gasteiger partial charge in [0, 0.05) is 39.6 Å². The summed E-state index contributed by atoms with van der Waals surface area (Å²) in [5.74, 6) is 0.326. The average Bonchev–Trinajstić information content (AvgIpc) is 2.49. The molecule has 2 N–H and O–H groups in total. The molecule has 0 aliphatic heterocycles. The third-order valence-corrected chi connectivity index (χ3v) is 3.12. The van der Waals surface area contributed by atoms with E-state index >= 15 is 0 Å². The van der Waals surface area contributed by atoms with E-state index in [0.717, 1.165) is 6.42 Å². The van der Waals surface area contributed by atoms with E-state index in [4.69, 9.17) is 19.9 Å². The van der Waals surface area contributed by atoms with E-state index in [2.05, 4.69) is 0 Å². The Hall–Kier alpha value is -1.79. The van der Waals surface area contributed by atoms with Crippen molar-refractivity contribution in [2.24, 2.45) is 0 Å². The van der Waals surface area contributed by atoms with Crippen LogP contribution in [0.4, 0.5) is 5.69 Å². The van der Waals surface area contributed by atoms with Gasteiger partial charge in [0.05, 0.1) is 13.7 Å². The van der Waals surface area contributed by atoms with Gasteiger partial charge in [-0.2, -0.15) is 0 Å². The van der Waals surface area contributed by atoms with Gasteiger partial charge in [-0.1, -0.05) is 6.07 Å². The zero-order valence-electron chi connectivity index (χ0n) is 12.9. The molecule has 6 heteroatoms. The number of anilines is 1. The molecule has 0 bridgehead atoms. The van der Waals surface area contributed by atoms with Crippen molar-refractivity contribution < 1.29 is 19.0 Å². The van der Waals surface area contributed by atoms with Gasteiger partial charge < -0.3 is 24.8 Å². The molecule has 0 radical (unpaired) electrons. The first-order valence-corrected chi connectivity index (χ1v) is 6.85. The highest BCUT2D eigenvalue weighted by Gasteiger charge is 2.21. The van der Waals surface area contributed by atoms with Gasteiger partial charge in [0.2, 0.25) is 0 Å². The Morgan fingerprint density at radius 1 is 1.14 bits per heavy atom. The maximum atomic E-state index is 12.7. The van der Waals surface area contributed by atoms with E-state index in [-0.39, 0.29) is 5.91 Å². The van der Waals surface area contributed by atoms with E-state index in [1.165, 1.54) is 7.11 Å². The Kier molecular flexibility index (Phi) is 7.56. The Bertz CT molecular complexity index is 451. The molecule has 0 heterocycles. The summed E-state index contributed by atoms with van der Waals surface area (Å²) in [6, 6.07) is 5.18. The van der Waals surface area contributed by atoms with E-state index in [1.807, 2.05) is 0 Å². The standard InChI is InChI=1S/C15H24N2O4/c1-19-10-5-8-17(9-11-20-2)15(18)14-12(16)6-4-7-13(14)21-3/h4,6-7H,5,8-11,16H2,1-3H3. The van der Waals surface area contributed by atoms with Crippen LogP contribution in [0.15, 0.2) is 18.2 Å². The summed E-state index contributed by atoms with van der Waals surface area (Å²) in [6.07, 6.45) is 0.751. The van der Waals surface area contributed by atoms with Crippen LogP contribution in [0.1, 0.15) is 16.8 Å². The van der Waals surface area contributed by atoms with Crippen molar-refractivity contribution in [1.29, 1.82) is 0 Å². The van der Waals surface area contributed by atoms with Gasteiger partial charge in [0.15, 0.2) is 0 Å². The van der Waals surface area contributed by atoms with Crippen LogP contribution in [-0.2, 0) is 9.47 Å². The van der Waals surface area contributed by atoms with E-state index in [9.17, 15) is 4.79 Å². The van der Waals surface area contributed by atoms with Gasteiger partial charge in [-0.3, -0.25) is 4.79 Å². The lowest BCUT2D eigenvalue weighted by molar-refractivity contribution is 0.0672. The Labute approximate surface area is 125 Å². The quantitative estimate of drug-likeness (QED) is 0.551. The van der Waals surface area contributed by atoms with Crippen LogP contribution in [-0.4, -0.2) is 58.4 Å². The molecule has 0 atom stereocenters. The molecule has 0 fully saturated rings. The van der Waals surface area contributed by atoms with E-state index in [1.54, 1.807) is 37.3 Å². The summed E-state index contributed by atoms with van der Waals surface area (Å²) in [7, 11) is 4.77. The van der Waals surface area contributed by atoms with Crippen molar-refractivity contribution in [3.63, 3.8) is 0 Å². The lowest BCUT2D eigenvalue weighted by Gasteiger charge is -2.24. The molecule has 1 aromatic rings. The highest BCUT2D eigenvalue weighted by molar-refractivity contribution is 6.01. The Balaban J connectivity index is 2.93. The van der Waals surface area contributed by atoms with Crippen molar-refractivity contribution in [2.75, 3.05) is 53.4 Å². The number of methoxy groups -OCH3 is 3. The molecule has 6 nitrogen and oxygen atoms in total. The molecular weight excluding hydrogens is 272 g/mol. The number of amides is 1. The summed E-state index contributed by atoms with van der Waals surface area (Å²) in [4.78, 5) is 14.4. The molecule has 118 valence electrons. The van der Waals surface area contributed by atoms with Crippen LogP contribution in [0.3, 0.4) is 0 Å². The molecule has 0 saturated carbocycles. The number of carbonyl (C=O) groups is 1. The first-order chi connectivity index (χ1) is 10.2. The predicted octanol–water partition coefficient (Wildman–Crippen LogP) is 1.40. The van der Waals surface area contributed by atoms with Crippen molar-refractivity contribution in [1.82, 2.24) is 4.90 Å².